The molecule has 4 N–H and O–H groups in total. The summed E-state index contributed by atoms with van der Waals surface area (Å²) in [6.45, 7) is 4.98. The molecule has 1 amide bonds. The van der Waals surface area contributed by atoms with Crippen molar-refractivity contribution in [2.75, 3.05) is 18.4 Å². The van der Waals surface area contributed by atoms with Crippen molar-refractivity contribution in [2.24, 2.45) is 5.14 Å². The van der Waals surface area contributed by atoms with Crippen LogP contribution in [-0.2, 0) is 14.8 Å². The van der Waals surface area contributed by atoms with Gasteiger partial charge >= 0.3 is 0 Å². The Morgan fingerprint density at radius 2 is 2.00 bits per heavy atom. The Labute approximate surface area is 118 Å². The highest BCUT2D eigenvalue weighted by Crippen LogP contribution is 2.20. The number of anilines is 1. The third-order valence-electron chi connectivity index (χ3n) is 3.33. The van der Waals surface area contributed by atoms with E-state index < -0.39 is 10.0 Å². The van der Waals surface area contributed by atoms with Gasteiger partial charge in [0, 0.05) is 24.4 Å². The summed E-state index contributed by atoms with van der Waals surface area (Å²) in [5.41, 5.74) is 2.94. The fourth-order valence-electron chi connectivity index (χ4n) is 1.80. The Morgan fingerprint density at radius 1 is 1.35 bits per heavy atom. The Kier molecular flexibility index (Phi) is 3.94. The average molecular weight is 295 g/mol. The van der Waals surface area contributed by atoms with Crippen molar-refractivity contribution in [1.29, 1.82) is 0 Å². The van der Waals surface area contributed by atoms with Crippen LogP contribution in [0.15, 0.2) is 34.2 Å². The molecule has 0 atom stereocenters. The van der Waals surface area contributed by atoms with Gasteiger partial charge in [-0.3, -0.25) is 4.79 Å². The number of nitrogens with two attached hydrogens (primary N) is 1. The molecule has 108 valence electrons. The molecule has 0 bridgehead atoms. The van der Waals surface area contributed by atoms with Crippen LogP contribution in [0.4, 0.5) is 5.69 Å². The molecule has 2 rings (SSSR count). The molecule has 0 radical (unpaired) electrons. The number of sulfonamides is 1. The number of amides is 1. The largest absolute Gasteiger partial charge is 0.322 e. The summed E-state index contributed by atoms with van der Waals surface area (Å²) in [7, 11) is -3.78. The first-order chi connectivity index (χ1) is 9.29. The minimum atomic E-state index is -3.78. The van der Waals surface area contributed by atoms with E-state index in [1.165, 1.54) is 12.1 Å². The fourth-order valence-corrected chi connectivity index (χ4v) is 2.34. The van der Waals surface area contributed by atoms with E-state index in [9.17, 15) is 13.2 Å². The second-order valence-corrected chi connectivity index (χ2v) is 6.37. The smallest absolute Gasteiger partial charge is 0.251 e. The highest BCUT2D eigenvalue weighted by Gasteiger charge is 2.17. The van der Waals surface area contributed by atoms with Crippen molar-refractivity contribution in [2.45, 2.75) is 18.7 Å². The molecule has 0 saturated carbocycles. The number of carbonyl (C=O) groups is 1. The molecule has 1 aromatic carbocycles. The first-order valence-corrected chi connectivity index (χ1v) is 7.68. The molecule has 1 aromatic rings. The standard InChI is InChI=1S/C13H17N3O3S/c1-8-3-4-11(20(14,18)19)5-12(8)16-13(17)9(2)10-6-15-7-10/h3-5,15H,6-7H2,1-2H3,(H,16,17)(H2,14,18,19). The molecule has 0 unspecified atom stereocenters. The summed E-state index contributed by atoms with van der Waals surface area (Å²) < 4.78 is 22.7. The van der Waals surface area contributed by atoms with Crippen LogP contribution in [-0.4, -0.2) is 27.4 Å². The van der Waals surface area contributed by atoms with Crippen molar-refractivity contribution < 1.29 is 13.2 Å². The molecule has 0 spiro atoms. The zero-order valence-electron chi connectivity index (χ0n) is 11.4. The Morgan fingerprint density at radius 3 is 2.50 bits per heavy atom. The lowest BCUT2D eigenvalue weighted by Crippen LogP contribution is -2.36. The van der Waals surface area contributed by atoms with Gasteiger partial charge in [-0.1, -0.05) is 6.07 Å². The molecule has 1 fully saturated rings. The molecule has 0 aromatic heterocycles. The topological polar surface area (TPSA) is 101 Å². The third kappa shape index (κ3) is 3.06. The van der Waals surface area contributed by atoms with Crippen LogP contribution in [0.25, 0.3) is 0 Å². The van der Waals surface area contributed by atoms with Crippen molar-refractivity contribution in [3.63, 3.8) is 0 Å². The summed E-state index contributed by atoms with van der Waals surface area (Å²) >= 11 is 0. The number of benzene rings is 1. The first kappa shape index (κ1) is 14.7. The van der Waals surface area contributed by atoms with Gasteiger partial charge < -0.3 is 10.6 Å². The van der Waals surface area contributed by atoms with Crippen LogP contribution in [0.3, 0.4) is 0 Å². The number of nitrogens with one attached hydrogen (secondary N) is 2. The number of rotatable bonds is 3. The summed E-state index contributed by atoms with van der Waals surface area (Å²) in [5, 5.41) is 10.9. The van der Waals surface area contributed by atoms with Gasteiger partial charge in [0.2, 0.25) is 10.0 Å². The van der Waals surface area contributed by atoms with E-state index in [0.717, 1.165) is 24.2 Å². The molecule has 0 aliphatic carbocycles. The summed E-state index contributed by atoms with van der Waals surface area (Å²) in [5.74, 6) is -0.226. The Hall–Kier alpha value is -1.70. The predicted molar refractivity (Wildman–Crippen MR) is 76.8 cm³/mol. The first-order valence-electron chi connectivity index (χ1n) is 6.13. The maximum atomic E-state index is 12.1. The minimum absolute atomic E-state index is 0.0194. The van der Waals surface area contributed by atoms with Gasteiger partial charge in [0.15, 0.2) is 0 Å². The van der Waals surface area contributed by atoms with Gasteiger partial charge in [-0.2, -0.15) is 0 Å². The Balaban J connectivity index is 2.27. The summed E-state index contributed by atoms with van der Waals surface area (Å²) in [4.78, 5) is 12.1. The van der Waals surface area contributed by atoms with Crippen LogP contribution in [0.5, 0.6) is 0 Å². The van der Waals surface area contributed by atoms with Gasteiger partial charge in [0.1, 0.15) is 0 Å². The molecular formula is C13H17N3O3S. The lowest BCUT2D eigenvalue weighted by molar-refractivity contribution is -0.112. The van der Waals surface area contributed by atoms with Gasteiger partial charge in [0.25, 0.3) is 5.91 Å². The van der Waals surface area contributed by atoms with Crippen LogP contribution in [0, 0.1) is 6.92 Å². The molecule has 1 saturated heterocycles. The minimum Gasteiger partial charge on any atom is -0.322 e. The van der Waals surface area contributed by atoms with E-state index in [-0.39, 0.29) is 10.8 Å². The number of carbonyl (C=O) groups excluding carboxylic acids is 1. The number of aryl methyl sites for hydroxylation is 1. The highest BCUT2D eigenvalue weighted by atomic mass is 32.2. The van der Waals surface area contributed by atoms with Gasteiger partial charge in [-0.25, -0.2) is 13.6 Å². The lowest BCUT2D eigenvalue weighted by atomic mass is 10.0. The molecule has 1 aliphatic rings. The van der Waals surface area contributed by atoms with E-state index in [1.54, 1.807) is 19.9 Å². The zero-order valence-corrected chi connectivity index (χ0v) is 12.2. The van der Waals surface area contributed by atoms with Crippen molar-refractivity contribution >= 4 is 21.6 Å². The second kappa shape index (κ2) is 5.35. The molecule has 6 nitrogen and oxygen atoms in total. The maximum absolute atomic E-state index is 12.1. The molecule has 1 heterocycles. The van der Waals surface area contributed by atoms with Crippen molar-refractivity contribution in [3.8, 4) is 0 Å². The highest BCUT2D eigenvalue weighted by molar-refractivity contribution is 7.89. The van der Waals surface area contributed by atoms with Gasteiger partial charge in [-0.15, -0.1) is 0 Å². The second-order valence-electron chi connectivity index (χ2n) is 4.81. The predicted octanol–water partition coefficient (Wildman–Crippen LogP) is 0.501. The number of hydrogen-bond acceptors (Lipinski definition) is 4. The van der Waals surface area contributed by atoms with Crippen molar-refractivity contribution in [1.82, 2.24) is 5.32 Å². The molecular weight excluding hydrogens is 278 g/mol. The summed E-state index contributed by atoms with van der Waals surface area (Å²) in [6.07, 6.45) is 0. The van der Waals surface area contributed by atoms with E-state index in [2.05, 4.69) is 10.6 Å². The maximum Gasteiger partial charge on any atom is 0.251 e. The summed E-state index contributed by atoms with van der Waals surface area (Å²) in [6, 6.07) is 4.41. The Bertz CT molecular complexity index is 687. The molecule has 1 aliphatic heterocycles. The lowest BCUT2D eigenvalue weighted by Gasteiger charge is -2.21. The molecule has 20 heavy (non-hydrogen) atoms. The van der Waals surface area contributed by atoms with Crippen molar-refractivity contribution in [3.05, 3.63) is 34.9 Å². The van der Waals surface area contributed by atoms with Crippen LogP contribution in [0.1, 0.15) is 12.5 Å². The van der Waals surface area contributed by atoms with Crippen LogP contribution in [0.2, 0.25) is 0 Å². The fraction of sp³-hybridized carbons (Fsp3) is 0.308. The van der Waals surface area contributed by atoms with Gasteiger partial charge in [-0.05, 0) is 37.1 Å². The zero-order chi connectivity index (χ0) is 14.9. The quantitative estimate of drug-likeness (QED) is 0.707. The van der Waals surface area contributed by atoms with Crippen LogP contribution < -0.4 is 15.8 Å². The SMILES string of the molecule is CC(C(=O)Nc1cc(S(N)(=O)=O)ccc1C)=C1CNC1. The number of primary sulfonamides is 1. The molecule has 7 heteroatoms. The number of hydrogen-bond donors (Lipinski definition) is 3. The monoisotopic (exact) mass is 295 g/mol. The van der Waals surface area contributed by atoms with E-state index >= 15 is 0 Å². The van der Waals surface area contributed by atoms with Gasteiger partial charge in [0.05, 0.1) is 4.90 Å². The third-order valence-corrected chi connectivity index (χ3v) is 4.24. The van der Waals surface area contributed by atoms with E-state index in [0.29, 0.717) is 11.3 Å². The normalized spacial score (nSPS) is 14.7. The average Bonchev–Trinajstić information content (AvgIpc) is 2.28. The van der Waals surface area contributed by atoms with Crippen LogP contribution >= 0.6 is 0 Å². The van der Waals surface area contributed by atoms with E-state index in [1.807, 2.05) is 0 Å². The van der Waals surface area contributed by atoms with E-state index in [4.69, 9.17) is 5.14 Å².